The van der Waals surface area contributed by atoms with E-state index < -0.39 is 0 Å². The lowest BCUT2D eigenvalue weighted by Gasteiger charge is -2.31. The fraction of sp³-hybridized carbons (Fsp3) is 0.889. The summed E-state index contributed by atoms with van der Waals surface area (Å²) < 4.78 is 0. The Bertz CT molecular complexity index is 173. The first kappa shape index (κ1) is 9.50. The molecule has 3 nitrogen and oxygen atoms in total. The van der Waals surface area contributed by atoms with E-state index in [0.717, 1.165) is 25.6 Å². The molecule has 0 spiro atoms. The Morgan fingerprint density at radius 3 is 3.08 bits per heavy atom. The summed E-state index contributed by atoms with van der Waals surface area (Å²) >= 11 is 0. The van der Waals surface area contributed by atoms with Gasteiger partial charge < -0.3 is 10.6 Å². The molecule has 0 aromatic carbocycles. The quantitative estimate of drug-likeness (QED) is 0.654. The zero-order valence-corrected chi connectivity index (χ0v) is 7.66. The second kappa shape index (κ2) is 4.44. The van der Waals surface area contributed by atoms with Crippen LogP contribution in [-0.4, -0.2) is 30.6 Å². The first-order valence-corrected chi connectivity index (χ1v) is 4.60. The minimum absolute atomic E-state index is 0.310. The molecular formula is C9H17N3. The van der Waals surface area contributed by atoms with Crippen LogP contribution in [0, 0.1) is 17.2 Å². The second-order valence-corrected chi connectivity index (χ2v) is 3.74. The van der Waals surface area contributed by atoms with Crippen molar-refractivity contribution in [3.8, 4) is 6.07 Å². The number of piperidine rings is 1. The van der Waals surface area contributed by atoms with E-state index in [2.05, 4.69) is 17.9 Å². The molecule has 0 saturated carbocycles. The fourth-order valence-electron chi connectivity index (χ4n) is 1.77. The number of hydrogen-bond acceptors (Lipinski definition) is 3. The molecule has 68 valence electrons. The molecule has 2 N–H and O–H groups in total. The van der Waals surface area contributed by atoms with Crippen molar-refractivity contribution < 1.29 is 0 Å². The molecule has 1 heterocycles. The molecule has 12 heavy (non-hydrogen) atoms. The van der Waals surface area contributed by atoms with Crippen LogP contribution in [0.4, 0.5) is 0 Å². The van der Waals surface area contributed by atoms with E-state index in [1.54, 1.807) is 0 Å². The Labute approximate surface area is 74.1 Å². The van der Waals surface area contributed by atoms with Crippen molar-refractivity contribution in [2.45, 2.75) is 25.8 Å². The van der Waals surface area contributed by atoms with Gasteiger partial charge in [-0.2, -0.15) is 5.26 Å². The molecule has 0 bridgehead atoms. The van der Waals surface area contributed by atoms with E-state index in [1.165, 1.54) is 12.8 Å². The SMILES string of the molecule is CC1CCCN(CC(N)C#N)C1. The van der Waals surface area contributed by atoms with Crippen LogP contribution in [0.5, 0.6) is 0 Å². The number of nitrogens with two attached hydrogens (primary N) is 1. The average molecular weight is 167 g/mol. The molecule has 0 radical (unpaired) electrons. The molecule has 2 unspecified atom stereocenters. The highest BCUT2D eigenvalue weighted by molar-refractivity contribution is 4.89. The predicted molar refractivity (Wildman–Crippen MR) is 48.4 cm³/mol. The standard InChI is InChI=1S/C9H17N3/c1-8-3-2-4-12(6-8)7-9(11)5-10/h8-9H,2-4,6-7,11H2,1H3. The summed E-state index contributed by atoms with van der Waals surface area (Å²) in [4.78, 5) is 2.29. The summed E-state index contributed by atoms with van der Waals surface area (Å²) in [6, 6.07) is 1.75. The van der Waals surface area contributed by atoms with Crippen molar-refractivity contribution in [1.82, 2.24) is 4.90 Å². The van der Waals surface area contributed by atoms with Crippen LogP contribution in [0.2, 0.25) is 0 Å². The lowest BCUT2D eigenvalue weighted by molar-refractivity contribution is 0.181. The number of likely N-dealkylation sites (tertiary alicyclic amines) is 1. The van der Waals surface area contributed by atoms with Crippen molar-refractivity contribution in [2.75, 3.05) is 19.6 Å². The monoisotopic (exact) mass is 167 g/mol. The van der Waals surface area contributed by atoms with Crippen LogP contribution in [-0.2, 0) is 0 Å². The Kier molecular flexibility index (Phi) is 3.51. The van der Waals surface area contributed by atoms with Gasteiger partial charge in [-0.3, -0.25) is 0 Å². The van der Waals surface area contributed by atoms with Gasteiger partial charge in [0.1, 0.15) is 6.04 Å². The van der Waals surface area contributed by atoms with Crippen LogP contribution in [0.15, 0.2) is 0 Å². The van der Waals surface area contributed by atoms with Crippen LogP contribution in [0.25, 0.3) is 0 Å². The van der Waals surface area contributed by atoms with Gasteiger partial charge in [-0.15, -0.1) is 0 Å². The van der Waals surface area contributed by atoms with E-state index in [0.29, 0.717) is 0 Å². The maximum Gasteiger partial charge on any atom is 0.106 e. The van der Waals surface area contributed by atoms with Crippen molar-refractivity contribution in [3.05, 3.63) is 0 Å². The highest BCUT2D eigenvalue weighted by Gasteiger charge is 2.17. The molecule has 0 aromatic heterocycles. The van der Waals surface area contributed by atoms with E-state index in [-0.39, 0.29) is 6.04 Å². The van der Waals surface area contributed by atoms with E-state index in [9.17, 15) is 0 Å². The van der Waals surface area contributed by atoms with Gasteiger partial charge in [0.15, 0.2) is 0 Å². The third-order valence-corrected chi connectivity index (χ3v) is 2.36. The molecule has 1 aliphatic rings. The Hall–Kier alpha value is -0.590. The molecule has 2 atom stereocenters. The molecule has 0 amide bonds. The van der Waals surface area contributed by atoms with E-state index in [1.807, 2.05) is 0 Å². The molecule has 1 saturated heterocycles. The van der Waals surface area contributed by atoms with Gasteiger partial charge >= 0.3 is 0 Å². The third kappa shape index (κ3) is 2.80. The van der Waals surface area contributed by atoms with Gasteiger partial charge in [0.05, 0.1) is 6.07 Å². The molecular weight excluding hydrogens is 150 g/mol. The molecule has 1 aliphatic heterocycles. The minimum Gasteiger partial charge on any atom is -0.315 e. The van der Waals surface area contributed by atoms with Crippen molar-refractivity contribution in [1.29, 1.82) is 5.26 Å². The Balaban J connectivity index is 2.28. The molecule has 1 rings (SSSR count). The van der Waals surface area contributed by atoms with Gasteiger partial charge in [0.25, 0.3) is 0 Å². The normalized spacial score (nSPS) is 27.9. The summed E-state index contributed by atoms with van der Waals surface area (Å²) in [5.74, 6) is 0.768. The van der Waals surface area contributed by atoms with Gasteiger partial charge in [0, 0.05) is 13.1 Å². The van der Waals surface area contributed by atoms with Crippen LogP contribution >= 0.6 is 0 Å². The van der Waals surface area contributed by atoms with Crippen molar-refractivity contribution >= 4 is 0 Å². The number of nitriles is 1. The maximum absolute atomic E-state index is 8.53. The third-order valence-electron chi connectivity index (χ3n) is 2.36. The molecule has 0 aliphatic carbocycles. The number of rotatable bonds is 2. The van der Waals surface area contributed by atoms with Crippen LogP contribution < -0.4 is 5.73 Å². The summed E-state index contributed by atoms with van der Waals surface area (Å²) in [6.07, 6.45) is 2.57. The predicted octanol–water partition coefficient (Wildman–Crippen LogP) is 0.569. The second-order valence-electron chi connectivity index (χ2n) is 3.74. The van der Waals surface area contributed by atoms with Gasteiger partial charge in [0.2, 0.25) is 0 Å². The average Bonchev–Trinajstić information content (AvgIpc) is 2.04. The molecule has 3 heteroatoms. The topological polar surface area (TPSA) is 53.0 Å². The number of hydrogen-bond donors (Lipinski definition) is 1. The lowest BCUT2D eigenvalue weighted by Crippen LogP contribution is -2.41. The molecule has 0 aromatic rings. The van der Waals surface area contributed by atoms with Crippen LogP contribution in [0.1, 0.15) is 19.8 Å². The zero-order valence-electron chi connectivity index (χ0n) is 7.66. The first-order valence-electron chi connectivity index (χ1n) is 4.60. The summed E-state index contributed by atoms with van der Waals surface area (Å²) in [5.41, 5.74) is 5.55. The smallest absolute Gasteiger partial charge is 0.106 e. The minimum atomic E-state index is -0.310. The van der Waals surface area contributed by atoms with Gasteiger partial charge in [-0.05, 0) is 25.3 Å². The Morgan fingerprint density at radius 2 is 2.50 bits per heavy atom. The first-order chi connectivity index (χ1) is 5.72. The Morgan fingerprint density at radius 1 is 1.75 bits per heavy atom. The van der Waals surface area contributed by atoms with E-state index in [4.69, 9.17) is 11.0 Å². The summed E-state index contributed by atoms with van der Waals surface area (Å²) in [5, 5.41) is 8.53. The van der Waals surface area contributed by atoms with Crippen molar-refractivity contribution in [2.24, 2.45) is 11.7 Å². The maximum atomic E-state index is 8.53. The fourth-order valence-corrected chi connectivity index (χ4v) is 1.77. The summed E-state index contributed by atoms with van der Waals surface area (Å²) in [6.45, 7) is 5.21. The summed E-state index contributed by atoms with van der Waals surface area (Å²) in [7, 11) is 0. The highest BCUT2D eigenvalue weighted by atomic mass is 15.1. The lowest BCUT2D eigenvalue weighted by atomic mass is 10.00. The van der Waals surface area contributed by atoms with Crippen molar-refractivity contribution in [3.63, 3.8) is 0 Å². The van der Waals surface area contributed by atoms with Gasteiger partial charge in [-0.25, -0.2) is 0 Å². The largest absolute Gasteiger partial charge is 0.315 e. The molecule has 1 fully saturated rings. The van der Waals surface area contributed by atoms with Crippen LogP contribution in [0.3, 0.4) is 0 Å². The van der Waals surface area contributed by atoms with E-state index >= 15 is 0 Å². The van der Waals surface area contributed by atoms with Gasteiger partial charge in [-0.1, -0.05) is 6.92 Å². The highest BCUT2D eigenvalue weighted by Crippen LogP contribution is 2.14. The number of nitrogens with zero attached hydrogens (tertiary/aromatic N) is 2. The zero-order chi connectivity index (χ0) is 8.97.